The van der Waals surface area contributed by atoms with Gasteiger partial charge in [-0.1, -0.05) is 13.8 Å². The Labute approximate surface area is 97.2 Å². The normalized spacial score (nSPS) is 13.6. The van der Waals surface area contributed by atoms with Gasteiger partial charge in [-0.3, -0.25) is 14.9 Å². The molecule has 0 aromatic carbocycles. The molecule has 0 heterocycles. The highest BCUT2D eigenvalue weighted by Gasteiger charge is 2.28. The van der Waals surface area contributed by atoms with Crippen LogP contribution in [0.15, 0.2) is 0 Å². The van der Waals surface area contributed by atoms with Crippen LogP contribution in [0.3, 0.4) is 0 Å². The third kappa shape index (κ3) is 5.11. The van der Waals surface area contributed by atoms with Crippen molar-refractivity contribution in [2.75, 3.05) is 6.54 Å². The Bertz CT molecular complexity index is 262. The van der Waals surface area contributed by atoms with Crippen molar-refractivity contribution < 1.29 is 9.59 Å². The van der Waals surface area contributed by atoms with E-state index in [0.29, 0.717) is 12.5 Å². The van der Waals surface area contributed by atoms with Gasteiger partial charge >= 0.3 is 0 Å². The average molecular weight is 229 g/mol. The molecule has 0 rings (SSSR count). The minimum Gasteiger partial charge on any atom is -0.368 e. The van der Waals surface area contributed by atoms with Crippen LogP contribution < -0.4 is 16.4 Å². The van der Waals surface area contributed by atoms with Crippen LogP contribution in [0.4, 0.5) is 0 Å². The van der Waals surface area contributed by atoms with Crippen LogP contribution in [0.5, 0.6) is 0 Å². The minimum absolute atomic E-state index is 0.122. The molecular weight excluding hydrogens is 206 g/mol. The molecule has 0 aromatic heterocycles. The molecule has 0 bridgehead atoms. The largest absolute Gasteiger partial charge is 0.368 e. The molecule has 0 aliphatic carbocycles. The number of hydrogen-bond acceptors (Lipinski definition) is 3. The quantitative estimate of drug-likeness (QED) is 0.599. The highest BCUT2D eigenvalue weighted by atomic mass is 16.2. The summed E-state index contributed by atoms with van der Waals surface area (Å²) in [6.45, 7) is 9.68. The Morgan fingerprint density at radius 3 is 2.12 bits per heavy atom. The van der Waals surface area contributed by atoms with Gasteiger partial charge in [0.15, 0.2) is 0 Å². The Hall–Kier alpha value is -1.10. The SMILES string of the molecule is CC(C)CNC(=O)C(C)NC(C)(C)C(N)=O. The maximum Gasteiger partial charge on any atom is 0.237 e. The molecule has 0 aromatic rings. The van der Waals surface area contributed by atoms with Crippen molar-refractivity contribution in [2.45, 2.75) is 46.2 Å². The number of carbonyl (C=O) groups excluding carboxylic acids is 2. The van der Waals surface area contributed by atoms with E-state index in [0.717, 1.165) is 0 Å². The Morgan fingerprint density at radius 1 is 1.25 bits per heavy atom. The molecule has 5 heteroatoms. The maximum absolute atomic E-state index is 11.6. The first-order valence-electron chi connectivity index (χ1n) is 5.52. The number of amides is 2. The van der Waals surface area contributed by atoms with Gasteiger partial charge in [0.1, 0.15) is 0 Å². The summed E-state index contributed by atoms with van der Waals surface area (Å²) in [5, 5.41) is 5.68. The van der Waals surface area contributed by atoms with Crippen LogP contribution in [0, 0.1) is 5.92 Å². The number of primary amides is 1. The third-order valence-electron chi connectivity index (χ3n) is 2.27. The van der Waals surface area contributed by atoms with E-state index in [1.165, 1.54) is 0 Å². The number of carbonyl (C=O) groups is 2. The lowest BCUT2D eigenvalue weighted by Gasteiger charge is -2.26. The average Bonchev–Trinajstić information content (AvgIpc) is 2.12. The van der Waals surface area contributed by atoms with E-state index < -0.39 is 17.5 Å². The van der Waals surface area contributed by atoms with Crippen molar-refractivity contribution in [1.82, 2.24) is 10.6 Å². The third-order valence-corrected chi connectivity index (χ3v) is 2.27. The van der Waals surface area contributed by atoms with Crippen LogP contribution in [-0.4, -0.2) is 29.9 Å². The molecule has 0 aliphatic rings. The summed E-state index contributed by atoms with van der Waals surface area (Å²) in [6.07, 6.45) is 0. The Balaban J connectivity index is 4.20. The van der Waals surface area contributed by atoms with Gasteiger partial charge in [-0.05, 0) is 26.7 Å². The van der Waals surface area contributed by atoms with Gasteiger partial charge in [0.25, 0.3) is 0 Å². The number of nitrogens with two attached hydrogens (primary N) is 1. The van der Waals surface area contributed by atoms with Crippen LogP contribution in [0.25, 0.3) is 0 Å². The molecule has 0 aliphatic heterocycles. The molecule has 0 fully saturated rings. The second-order valence-electron chi connectivity index (χ2n) is 4.99. The zero-order valence-electron chi connectivity index (χ0n) is 10.8. The van der Waals surface area contributed by atoms with Crippen molar-refractivity contribution in [3.63, 3.8) is 0 Å². The first-order chi connectivity index (χ1) is 7.16. The molecule has 4 N–H and O–H groups in total. The van der Waals surface area contributed by atoms with E-state index in [-0.39, 0.29) is 5.91 Å². The zero-order chi connectivity index (χ0) is 12.9. The molecule has 0 spiro atoms. The van der Waals surface area contributed by atoms with Gasteiger partial charge in [-0.15, -0.1) is 0 Å². The van der Waals surface area contributed by atoms with Gasteiger partial charge in [0.05, 0.1) is 11.6 Å². The zero-order valence-corrected chi connectivity index (χ0v) is 10.8. The monoisotopic (exact) mass is 229 g/mol. The predicted molar refractivity (Wildman–Crippen MR) is 63.7 cm³/mol. The summed E-state index contributed by atoms with van der Waals surface area (Å²) in [5.74, 6) is -0.195. The summed E-state index contributed by atoms with van der Waals surface area (Å²) in [7, 11) is 0. The molecule has 1 unspecified atom stereocenters. The van der Waals surface area contributed by atoms with Gasteiger partial charge in [0, 0.05) is 6.54 Å². The van der Waals surface area contributed by atoms with Gasteiger partial charge < -0.3 is 11.1 Å². The van der Waals surface area contributed by atoms with Crippen LogP contribution in [0.2, 0.25) is 0 Å². The van der Waals surface area contributed by atoms with E-state index in [4.69, 9.17) is 5.73 Å². The maximum atomic E-state index is 11.6. The summed E-state index contributed by atoms with van der Waals surface area (Å²) < 4.78 is 0. The Morgan fingerprint density at radius 2 is 1.75 bits per heavy atom. The van der Waals surface area contributed by atoms with Gasteiger partial charge in [-0.25, -0.2) is 0 Å². The summed E-state index contributed by atoms with van der Waals surface area (Å²) in [6, 6.07) is -0.443. The van der Waals surface area contributed by atoms with Crippen LogP contribution in [0.1, 0.15) is 34.6 Å². The molecule has 16 heavy (non-hydrogen) atoms. The topological polar surface area (TPSA) is 84.2 Å². The predicted octanol–water partition coefficient (Wildman–Crippen LogP) is 0.000600. The first kappa shape index (κ1) is 14.9. The first-order valence-corrected chi connectivity index (χ1v) is 5.52. The summed E-state index contributed by atoms with van der Waals surface area (Å²) in [5.41, 5.74) is 4.33. The van der Waals surface area contributed by atoms with Crippen molar-refractivity contribution in [2.24, 2.45) is 11.7 Å². The van der Waals surface area contributed by atoms with Crippen molar-refractivity contribution in [3.05, 3.63) is 0 Å². The highest BCUT2D eigenvalue weighted by molar-refractivity contribution is 5.86. The second kappa shape index (κ2) is 5.84. The van der Waals surface area contributed by atoms with Gasteiger partial charge in [0.2, 0.25) is 11.8 Å². The fraction of sp³-hybridized carbons (Fsp3) is 0.818. The molecule has 0 radical (unpaired) electrons. The number of nitrogens with one attached hydrogen (secondary N) is 2. The molecule has 0 saturated carbocycles. The van der Waals surface area contributed by atoms with Gasteiger partial charge in [-0.2, -0.15) is 0 Å². The minimum atomic E-state index is -0.880. The van der Waals surface area contributed by atoms with Crippen molar-refractivity contribution in [3.8, 4) is 0 Å². The standard InChI is InChI=1S/C11H23N3O2/c1-7(2)6-13-9(15)8(3)14-11(4,5)10(12)16/h7-8,14H,6H2,1-5H3,(H2,12,16)(H,13,15). The molecule has 94 valence electrons. The van der Waals surface area contributed by atoms with E-state index in [1.54, 1.807) is 20.8 Å². The van der Waals surface area contributed by atoms with E-state index in [9.17, 15) is 9.59 Å². The van der Waals surface area contributed by atoms with Crippen LogP contribution >= 0.6 is 0 Å². The number of hydrogen-bond donors (Lipinski definition) is 3. The fourth-order valence-corrected chi connectivity index (χ4v) is 1.14. The fourth-order valence-electron chi connectivity index (χ4n) is 1.14. The van der Waals surface area contributed by atoms with E-state index >= 15 is 0 Å². The van der Waals surface area contributed by atoms with Crippen molar-refractivity contribution in [1.29, 1.82) is 0 Å². The molecule has 1 atom stereocenters. The molecule has 0 saturated heterocycles. The lowest BCUT2D eigenvalue weighted by Crippen LogP contribution is -2.57. The molecule has 2 amide bonds. The Kier molecular flexibility index (Phi) is 5.44. The molecular formula is C11H23N3O2. The van der Waals surface area contributed by atoms with E-state index in [1.807, 2.05) is 13.8 Å². The second-order valence-corrected chi connectivity index (χ2v) is 4.99. The lowest BCUT2D eigenvalue weighted by atomic mass is 10.0. The van der Waals surface area contributed by atoms with Crippen LogP contribution in [-0.2, 0) is 9.59 Å². The smallest absolute Gasteiger partial charge is 0.237 e. The highest BCUT2D eigenvalue weighted by Crippen LogP contribution is 2.02. The molecule has 5 nitrogen and oxygen atoms in total. The number of rotatable bonds is 6. The summed E-state index contributed by atoms with van der Waals surface area (Å²) in [4.78, 5) is 22.7. The van der Waals surface area contributed by atoms with Crippen molar-refractivity contribution >= 4 is 11.8 Å². The van der Waals surface area contributed by atoms with E-state index in [2.05, 4.69) is 10.6 Å². The lowest BCUT2D eigenvalue weighted by molar-refractivity contribution is -0.126. The summed E-state index contributed by atoms with van der Waals surface area (Å²) >= 11 is 0.